The van der Waals surface area contributed by atoms with Gasteiger partial charge in [0.15, 0.2) is 28.8 Å². The monoisotopic (exact) mass is 680 g/mol. The van der Waals surface area contributed by atoms with Gasteiger partial charge in [0.2, 0.25) is 11.4 Å². The highest BCUT2D eigenvalue weighted by atomic mass is 35.5. The van der Waals surface area contributed by atoms with E-state index < -0.39 is 40.7 Å². The fourth-order valence-electron chi connectivity index (χ4n) is 6.34. The van der Waals surface area contributed by atoms with E-state index in [2.05, 4.69) is 0 Å². The van der Waals surface area contributed by atoms with Gasteiger partial charge in [0, 0.05) is 41.9 Å². The smallest absolute Gasteiger partial charge is 0.306 e. The van der Waals surface area contributed by atoms with Gasteiger partial charge in [-0.05, 0) is 23.8 Å². The summed E-state index contributed by atoms with van der Waals surface area (Å²) in [6.45, 7) is 1.84. The maximum absolute atomic E-state index is 14.3. The minimum Gasteiger partial charge on any atom is -0.507 e. The van der Waals surface area contributed by atoms with Crippen LogP contribution in [0.3, 0.4) is 0 Å². The highest BCUT2D eigenvalue weighted by Gasteiger charge is 2.61. The Hall–Kier alpha value is -4.90. The summed E-state index contributed by atoms with van der Waals surface area (Å²) in [5.74, 6) is -2.77. The van der Waals surface area contributed by atoms with E-state index in [1.807, 2.05) is 24.3 Å². The van der Waals surface area contributed by atoms with Gasteiger partial charge in [-0.15, -0.1) is 0 Å². The summed E-state index contributed by atoms with van der Waals surface area (Å²) in [5, 5.41) is 12.2. The molecular weight excluding hydrogens is 644 g/mol. The molecule has 1 spiro atoms. The molecule has 12 heteroatoms. The molecule has 1 aliphatic heterocycles. The van der Waals surface area contributed by atoms with Gasteiger partial charge in [0.25, 0.3) is 0 Å². The second-order valence-corrected chi connectivity index (χ2v) is 11.8. The van der Waals surface area contributed by atoms with E-state index in [1.54, 1.807) is 32.2 Å². The molecule has 0 saturated carbocycles. The number of halogens is 1. The molecule has 5 rings (SSSR count). The van der Waals surface area contributed by atoms with Crippen LogP contribution in [-0.4, -0.2) is 70.4 Å². The summed E-state index contributed by atoms with van der Waals surface area (Å²) < 4.78 is 39.3. The maximum atomic E-state index is 14.3. The van der Waals surface area contributed by atoms with Crippen molar-refractivity contribution in [3.63, 3.8) is 0 Å². The van der Waals surface area contributed by atoms with E-state index in [1.165, 1.54) is 34.5 Å². The first-order valence-corrected chi connectivity index (χ1v) is 15.6. The second kappa shape index (κ2) is 14.1. The summed E-state index contributed by atoms with van der Waals surface area (Å²) in [4.78, 5) is 41.2. The van der Waals surface area contributed by atoms with E-state index >= 15 is 0 Å². The summed E-state index contributed by atoms with van der Waals surface area (Å²) in [7, 11) is 7.06. The average Bonchev–Trinajstić information content (AvgIpc) is 3.41. The summed E-state index contributed by atoms with van der Waals surface area (Å²) in [6, 6.07) is 14.0. The highest BCUT2D eigenvalue weighted by molar-refractivity contribution is 6.35. The summed E-state index contributed by atoms with van der Waals surface area (Å²) >= 11 is 6.60. The number of carbonyl (C=O) groups is 3. The molecule has 2 aliphatic rings. The van der Waals surface area contributed by atoms with Gasteiger partial charge < -0.3 is 38.3 Å². The van der Waals surface area contributed by atoms with Gasteiger partial charge in [-0.3, -0.25) is 14.4 Å². The van der Waals surface area contributed by atoms with Gasteiger partial charge in [0.1, 0.15) is 27.8 Å². The van der Waals surface area contributed by atoms with E-state index in [4.69, 9.17) is 44.8 Å². The number of ether oxygens (including phenoxy) is 7. The van der Waals surface area contributed by atoms with E-state index in [-0.39, 0.29) is 58.6 Å². The van der Waals surface area contributed by atoms with Crippen LogP contribution in [0.1, 0.15) is 47.2 Å². The van der Waals surface area contributed by atoms with Crippen molar-refractivity contribution >= 4 is 29.1 Å². The zero-order chi connectivity index (χ0) is 34.7. The molecule has 1 heterocycles. The van der Waals surface area contributed by atoms with Gasteiger partial charge in [-0.25, -0.2) is 0 Å². The molecule has 1 aliphatic carbocycles. The van der Waals surface area contributed by atoms with Crippen molar-refractivity contribution in [1.82, 2.24) is 0 Å². The standard InChI is InChI=1S/C36H37ClO11/c1-19-16-24(38)29(34(40)36(19)35(41)30-26(44-4)18-27(45-5)31(37)33(30)48-36)23(17-28(39)46-6)22-8-7-9-25(43-3)32(22)47-15-14-20-10-12-21(42-2)13-11-20/h7-13,18-19,23,40H,14-17H2,1-6H3. The number of rotatable bonds is 12. The van der Waals surface area contributed by atoms with Gasteiger partial charge in [-0.2, -0.15) is 0 Å². The van der Waals surface area contributed by atoms with Crippen LogP contribution in [-0.2, 0) is 20.7 Å². The van der Waals surface area contributed by atoms with Crippen molar-refractivity contribution in [3.8, 4) is 34.5 Å². The molecule has 0 fully saturated rings. The minimum absolute atomic E-state index is 0.00317. The van der Waals surface area contributed by atoms with Crippen LogP contribution < -0.4 is 28.4 Å². The number of Topliss-reactive ketones (excluding diaryl/α,β-unsaturated/α-hetero) is 2. The predicted molar refractivity (Wildman–Crippen MR) is 175 cm³/mol. The zero-order valence-corrected chi connectivity index (χ0v) is 28.3. The molecule has 254 valence electrons. The number of carbonyl (C=O) groups excluding carboxylic acids is 3. The fraction of sp³-hybridized carbons (Fsp3) is 0.361. The normalized spacial score (nSPS) is 19.0. The highest BCUT2D eigenvalue weighted by Crippen LogP contribution is 2.56. The largest absolute Gasteiger partial charge is 0.507 e. The lowest BCUT2D eigenvalue weighted by Crippen LogP contribution is -2.53. The molecule has 11 nitrogen and oxygen atoms in total. The average molecular weight is 681 g/mol. The van der Waals surface area contributed by atoms with Gasteiger partial charge in [-0.1, -0.05) is 42.8 Å². The van der Waals surface area contributed by atoms with Crippen LogP contribution in [0.25, 0.3) is 0 Å². The zero-order valence-electron chi connectivity index (χ0n) is 27.5. The van der Waals surface area contributed by atoms with Crippen molar-refractivity contribution in [3.05, 3.63) is 81.6 Å². The molecule has 1 N–H and O–H groups in total. The summed E-state index contributed by atoms with van der Waals surface area (Å²) in [6.07, 6.45) is -0.0397. The Morgan fingerprint density at radius 2 is 1.67 bits per heavy atom. The summed E-state index contributed by atoms with van der Waals surface area (Å²) in [5.41, 5.74) is -0.871. The number of benzene rings is 3. The number of fused-ring (bicyclic) bond motifs is 1. The number of allylic oxidation sites excluding steroid dienone is 1. The third-order valence-electron chi connectivity index (χ3n) is 8.86. The molecule has 3 atom stereocenters. The molecule has 3 unspecified atom stereocenters. The lowest BCUT2D eigenvalue weighted by molar-refractivity contribution is -0.140. The molecule has 0 saturated heterocycles. The van der Waals surface area contributed by atoms with E-state index in [0.717, 1.165) is 11.3 Å². The van der Waals surface area contributed by atoms with Crippen LogP contribution >= 0.6 is 11.6 Å². The van der Waals surface area contributed by atoms with Crippen LogP contribution in [0.5, 0.6) is 34.5 Å². The Kier molecular flexibility index (Phi) is 10.1. The first kappa shape index (κ1) is 34.4. The minimum atomic E-state index is -2.04. The lowest BCUT2D eigenvalue weighted by atomic mass is 9.69. The number of aliphatic hydroxyl groups is 1. The van der Waals surface area contributed by atoms with Gasteiger partial charge in [0.05, 0.1) is 48.6 Å². The molecule has 0 radical (unpaired) electrons. The SMILES string of the molecule is COC(=O)CC(C1=C(O)C2(Oc3c(Cl)c(OC)cc(OC)c3C2=O)C(C)CC1=O)c1cccc(OC)c1OCCc1ccc(OC)cc1. The van der Waals surface area contributed by atoms with Gasteiger partial charge >= 0.3 is 5.97 Å². The third-order valence-corrected chi connectivity index (χ3v) is 9.22. The Morgan fingerprint density at radius 3 is 2.29 bits per heavy atom. The molecule has 48 heavy (non-hydrogen) atoms. The van der Waals surface area contributed by atoms with Crippen LogP contribution in [0.2, 0.25) is 5.02 Å². The first-order valence-electron chi connectivity index (χ1n) is 15.2. The maximum Gasteiger partial charge on any atom is 0.306 e. The van der Waals surface area contributed by atoms with E-state index in [0.29, 0.717) is 17.7 Å². The molecule has 0 amide bonds. The Labute approximate surface area is 283 Å². The molecular formula is C36H37ClO11. The number of hydrogen-bond acceptors (Lipinski definition) is 11. The predicted octanol–water partition coefficient (Wildman–Crippen LogP) is 6.08. The van der Waals surface area contributed by atoms with Crippen molar-refractivity contribution < 1.29 is 52.6 Å². The van der Waals surface area contributed by atoms with Crippen molar-refractivity contribution in [2.75, 3.05) is 42.2 Å². The fourth-order valence-corrected chi connectivity index (χ4v) is 6.61. The molecule has 0 bridgehead atoms. The Bertz CT molecular complexity index is 1760. The van der Waals surface area contributed by atoms with E-state index in [9.17, 15) is 19.5 Å². The first-order chi connectivity index (χ1) is 23.1. The Balaban J connectivity index is 1.63. The third kappa shape index (κ3) is 5.87. The number of methoxy groups -OCH3 is 5. The van der Waals surface area contributed by atoms with Crippen LogP contribution in [0.4, 0.5) is 0 Å². The number of aliphatic hydroxyl groups excluding tert-OH is 1. The second-order valence-electron chi connectivity index (χ2n) is 11.4. The van der Waals surface area contributed by atoms with Crippen molar-refractivity contribution in [2.24, 2.45) is 5.92 Å². The van der Waals surface area contributed by atoms with Crippen molar-refractivity contribution in [1.29, 1.82) is 0 Å². The van der Waals surface area contributed by atoms with Crippen molar-refractivity contribution in [2.45, 2.75) is 37.7 Å². The number of ketones is 2. The van der Waals surface area contributed by atoms with Crippen LogP contribution in [0, 0.1) is 5.92 Å². The number of esters is 1. The lowest BCUT2D eigenvalue weighted by Gasteiger charge is -2.38. The Morgan fingerprint density at radius 1 is 0.979 bits per heavy atom. The molecule has 0 aromatic heterocycles. The number of hydrogen-bond donors (Lipinski definition) is 1. The molecule has 3 aromatic rings. The topological polar surface area (TPSA) is 136 Å². The molecule has 3 aromatic carbocycles. The number of para-hydroxylation sites is 1. The van der Waals surface area contributed by atoms with Crippen LogP contribution in [0.15, 0.2) is 59.9 Å². The quantitative estimate of drug-likeness (QED) is 0.223.